The minimum atomic E-state index is -0.444. The number of amides is 2. The van der Waals surface area contributed by atoms with E-state index in [1.54, 1.807) is 18.2 Å². The van der Waals surface area contributed by atoms with Gasteiger partial charge in [0.25, 0.3) is 11.8 Å². The third kappa shape index (κ3) is 3.68. The summed E-state index contributed by atoms with van der Waals surface area (Å²) in [5, 5.41) is 5.12. The number of nitrogens with one attached hydrogen (secondary N) is 1. The van der Waals surface area contributed by atoms with Gasteiger partial charge in [0, 0.05) is 16.6 Å². The molecule has 0 radical (unpaired) electrons. The molecule has 0 bridgehead atoms. The highest BCUT2D eigenvalue weighted by atomic mass is 32.1. The number of ether oxygens (including phenoxy) is 2. The van der Waals surface area contributed by atoms with Gasteiger partial charge in [-0.1, -0.05) is 18.2 Å². The summed E-state index contributed by atoms with van der Waals surface area (Å²) < 4.78 is 10.7. The number of carbonyl (C=O) groups is 2. The molecule has 1 aliphatic rings. The van der Waals surface area contributed by atoms with Gasteiger partial charge in [0.05, 0.1) is 25.5 Å². The number of rotatable bonds is 6. The molecule has 3 aromatic rings. The Morgan fingerprint density at radius 1 is 0.935 bits per heavy atom. The van der Waals surface area contributed by atoms with Gasteiger partial charge >= 0.3 is 0 Å². The molecule has 0 saturated heterocycles. The van der Waals surface area contributed by atoms with E-state index >= 15 is 0 Å². The van der Waals surface area contributed by atoms with Crippen molar-refractivity contribution in [1.82, 2.24) is 0 Å². The largest absolute Gasteiger partial charge is 0.497 e. The molecule has 4 rings (SSSR count). The van der Waals surface area contributed by atoms with Crippen LogP contribution in [0.15, 0.2) is 59.6 Å². The predicted molar refractivity (Wildman–Crippen MR) is 123 cm³/mol. The summed E-state index contributed by atoms with van der Waals surface area (Å²) in [7, 11) is 3.03. The topological polar surface area (TPSA) is 67.9 Å². The van der Waals surface area contributed by atoms with Crippen LogP contribution in [-0.2, 0) is 9.59 Å². The molecule has 0 saturated carbocycles. The molecule has 6 nitrogen and oxygen atoms in total. The first-order valence-corrected chi connectivity index (χ1v) is 10.6. The van der Waals surface area contributed by atoms with Gasteiger partial charge in [0.1, 0.15) is 17.2 Å². The fourth-order valence-corrected chi connectivity index (χ4v) is 4.26. The highest BCUT2D eigenvalue weighted by Gasteiger charge is 2.42. The summed E-state index contributed by atoms with van der Waals surface area (Å²) in [6.45, 7) is 3.94. The number of aryl methyl sites for hydroxylation is 2. The van der Waals surface area contributed by atoms with Crippen molar-refractivity contribution in [2.45, 2.75) is 13.8 Å². The maximum atomic E-state index is 13.6. The van der Waals surface area contributed by atoms with E-state index in [9.17, 15) is 9.59 Å². The summed E-state index contributed by atoms with van der Waals surface area (Å²) in [5.41, 5.74) is 3.72. The third-order valence-corrected chi connectivity index (χ3v) is 6.02. The Hall–Kier alpha value is -3.58. The molecule has 2 aromatic carbocycles. The van der Waals surface area contributed by atoms with Gasteiger partial charge in [-0.05, 0) is 54.6 Å². The van der Waals surface area contributed by atoms with Crippen molar-refractivity contribution in [3.63, 3.8) is 0 Å². The smallest absolute Gasteiger partial charge is 0.282 e. The first-order chi connectivity index (χ1) is 14.9. The van der Waals surface area contributed by atoms with Gasteiger partial charge in [-0.15, -0.1) is 11.3 Å². The quantitative estimate of drug-likeness (QED) is 0.566. The number of anilines is 2. The van der Waals surface area contributed by atoms with Crippen LogP contribution in [0, 0.1) is 13.8 Å². The first kappa shape index (κ1) is 20.7. The maximum absolute atomic E-state index is 13.6. The summed E-state index contributed by atoms with van der Waals surface area (Å²) >= 11 is 1.41. The van der Waals surface area contributed by atoms with E-state index in [0.717, 1.165) is 26.6 Å². The standard InChI is InChI=1S/C24H22N2O4S/c1-14-7-8-15(2)17(12-14)25-22-21(20-6-5-11-31-20)23(27)26(24(22)28)18-13-16(29-3)9-10-19(18)30-4/h5-13,25H,1-4H3. The van der Waals surface area contributed by atoms with Crippen LogP contribution in [0.1, 0.15) is 16.0 Å². The highest BCUT2D eigenvalue weighted by molar-refractivity contribution is 7.11. The lowest BCUT2D eigenvalue weighted by atomic mass is 10.1. The van der Waals surface area contributed by atoms with Gasteiger partial charge in [-0.25, -0.2) is 4.90 Å². The molecule has 1 N–H and O–H groups in total. The molecule has 0 spiro atoms. The molecule has 2 heterocycles. The molecule has 0 aliphatic carbocycles. The fraction of sp³-hybridized carbons (Fsp3) is 0.167. The fourth-order valence-electron chi connectivity index (χ4n) is 3.49. The number of methoxy groups -OCH3 is 2. The van der Waals surface area contributed by atoms with E-state index in [1.165, 1.54) is 25.6 Å². The third-order valence-electron chi connectivity index (χ3n) is 5.13. The first-order valence-electron chi connectivity index (χ1n) is 9.68. The molecule has 1 aliphatic heterocycles. The number of hydrogen-bond donors (Lipinski definition) is 1. The van der Waals surface area contributed by atoms with E-state index in [2.05, 4.69) is 5.32 Å². The van der Waals surface area contributed by atoms with Crippen LogP contribution in [0.3, 0.4) is 0 Å². The van der Waals surface area contributed by atoms with Crippen molar-refractivity contribution in [3.05, 3.63) is 75.6 Å². The van der Waals surface area contributed by atoms with Crippen molar-refractivity contribution >= 4 is 40.1 Å². The van der Waals surface area contributed by atoms with E-state index in [1.807, 2.05) is 49.6 Å². The minimum absolute atomic E-state index is 0.242. The Labute approximate surface area is 184 Å². The Morgan fingerprint density at radius 2 is 1.74 bits per heavy atom. The maximum Gasteiger partial charge on any atom is 0.282 e. The van der Waals surface area contributed by atoms with Crippen LogP contribution >= 0.6 is 11.3 Å². The number of benzene rings is 2. The lowest BCUT2D eigenvalue weighted by Crippen LogP contribution is -2.32. The van der Waals surface area contributed by atoms with Crippen molar-refractivity contribution in [3.8, 4) is 11.5 Å². The molecule has 0 fully saturated rings. The molecule has 0 unspecified atom stereocenters. The zero-order chi connectivity index (χ0) is 22.1. The highest BCUT2D eigenvalue weighted by Crippen LogP contribution is 2.40. The van der Waals surface area contributed by atoms with Gasteiger partial charge in [0.15, 0.2) is 0 Å². The number of hydrogen-bond acceptors (Lipinski definition) is 6. The summed E-state index contributed by atoms with van der Waals surface area (Å²) in [4.78, 5) is 29.0. The van der Waals surface area contributed by atoms with Crippen LogP contribution in [-0.4, -0.2) is 26.0 Å². The predicted octanol–water partition coefficient (Wildman–Crippen LogP) is 4.78. The number of thiophene rings is 1. The second kappa shape index (κ2) is 8.28. The Balaban J connectivity index is 1.85. The summed E-state index contributed by atoms with van der Waals surface area (Å²) in [6.07, 6.45) is 0. The minimum Gasteiger partial charge on any atom is -0.497 e. The van der Waals surface area contributed by atoms with Crippen molar-refractivity contribution in [1.29, 1.82) is 0 Å². The van der Waals surface area contributed by atoms with Crippen LogP contribution in [0.2, 0.25) is 0 Å². The second-order valence-electron chi connectivity index (χ2n) is 7.15. The lowest BCUT2D eigenvalue weighted by molar-refractivity contribution is -0.120. The van der Waals surface area contributed by atoms with Crippen molar-refractivity contribution < 1.29 is 19.1 Å². The molecule has 2 amide bonds. The molecule has 7 heteroatoms. The van der Waals surface area contributed by atoms with E-state index in [-0.39, 0.29) is 5.70 Å². The number of carbonyl (C=O) groups excluding carboxylic acids is 2. The molecule has 31 heavy (non-hydrogen) atoms. The number of nitrogens with zero attached hydrogens (tertiary/aromatic N) is 1. The van der Waals surface area contributed by atoms with Crippen molar-refractivity contribution in [2.75, 3.05) is 24.4 Å². The molecule has 158 valence electrons. The molecule has 0 atom stereocenters. The zero-order valence-corrected chi connectivity index (χ0v) is 18.5. The van der Waals surface area contributed by atoms with Crippen LogP contribution in [0.25, 0.3) is 5.57 Å². The van der Waals surface area contributed by atoms with Crippen LogP contribution < -0.4 is 19.7 Å². The molecular weight excluding hydrogens is 412 g/mol. The van der Waals surface area contributed by atoms with Crippen LogP contribution in [0.4, 0.5) is 11.4 Å². The number of imide groups is 1. The average Bonchev–Trinajstić information content (AvgIpc) is 3.37. The second-order valence-corrected chi connectivity index (χ2v) is 8.10. The molecule has 1 aromatic heterocycles. The van der Waals surface area contributed by atoms with E-state index in [4.69, 9.17) is 9.47 Å². The molecular formula is C24H22N2O4S. The Morgan fingerprint density at radius 3 is 2.42 bits per heavy atom. The van der Waals surface area contributed by atoms with E-state index < -0.39 is 11.8 Å². The summed E-state index contributed by atoms with van der Waals surface area (Å²) in [5.74, 6) is 0.0682. The van der Waals surface area contributed by atoms with Crippen molar-refractivity contribution in [2.24, 2.45) is 0 Å². The Kier molecular flexibility index (Phi) is 5.52. The SMILES string of the molecule is COc1ccc(OC)c(N2C(=O)C(Nc3cc(C)ccc3C)=C(c3cccs3)C2=O)c1. The lowest BCUT2D eigenvalue weighted by Gasteiger charge is -2.19. The van der Waals surface area contributed by atoms with Gasteiger partial charge in [-0.3, -0.25) is 9.59 Å². The monoisotopic (exact) mass is 434 g/mol. The zero-order valence-electron chi connectivity index (χ0n) is 17.7. The van der Waals surface area contributed by atoms with E-state index in [0.29, 0.717) is 22.8 Å². The van der Waals surface area contributed by atoms with Gasteiger partial charge in [0.2, 0.25) is 0 Å². The van der Waals surface area contributed by atoms with Gasteiger partial charge in [-0.2, -0.15) is 0 Å². The average molecular weight is 435 g/mol. The summed E-state index contributed by atoms with van der Waals surface area (Å²) in [6, 6.07) is 14.7. The van der Waals surface area contributed by atoms with Crippen LogP contribution in [0.5, 0.6) is 11.5 Å². The van der Waals surface area contributed by atoms with Gasteiger partial charge < -0.3 is 14.8 Å². The Bertz CT molecular complexity index is 1200. The normalized spacial score (nSPS) is 13.7.